The molecule has 0 amide bonds. The summed E-state index contributed by atoms with van der Waals surface area (Å²) in [5, 5.41) is 2.02. The summed E-state index contributed by atoms with van der Waals surface area (Å²) < 4.78 is 27.4. The molecule has 122 valence electrons. The van der Waals surface area contributed by atoms with Gasteiger partial charge in [-0.3, -0.25) is 4.72 Å². The van der Waals surface area contributed by atoms with Crippen LogP contribution in [0.1, 0.15) is 22.4 Å². The first kappa shape index (κ1) is 15.3. The highest BCUT2D eigenvalue weighted by Gasteiger charge is 2.22. The van der Waals surface area contributed by atoms with Gasteiger partial charge in [0.25, 0.3) is 10.0 Å². The lowest BCUT2D eigenvalue weighted by Gasteiger charge is -2.06. The Morgan fingerprint density at radius 3 is 2.79 bits per heavy atom. The van der Waals surface area contributed by atoms with Crippen LogP contribution in [-0.4, -0.2) is 18.4 Å². The molecule has 0 spiro atoms. The minimum atomic E-state index is -3.64. The van der Waals surface area contributed by atoms with E-state index in [0.717, 1.165) is 35.0 Å². The number of rotatable bonds is 4. The van der Waals surface area contributed by atoms with Crippen LogP contribution in [0, 0.1) is 0 Å². The van der Waals surface area contributed by atoms with Crippen LogP contribution in [-0.2, 0) is 22.9 Å². The number of nitrogens with zero attached hydrogens (tertiary/aromatic N) is 2. The molecule has 0 bridgehead atoms. The number of hydrogen-bond donors (Lipinski definition) is 1. The van der Waals surface area contributed by atoms with Crippen LogP contribution in [0.5, 0.6) is 0 Å². The van der Waals surface area contributed by atoms with Crippen molar-refractivity contribution >= 4 is 43.5 Å². The first-order valence-electron chi connectivity index (χ1n) is 7.63. The van der Waals surface area contributed by atoms with Crippen LogP contribution < -0.4 is 4.72 Å². The van der Waals surface area contributed by atoms with E-state index in [2.05, 4.69) is 14.7 Å². The molecule has 2 aromatic heterocycles. The van der Waals surface area contributed by atoms with Gasteiger partial charge in [-0.05, 0) is 36.5 Å². The quantitative estimate of drug-likeness (QED) is 0.774. The number of sulfonamides is 1. The largest absolute Gasteiger partial charge is 0.263 e. The molecule has 5 nitrogen and oxygen atoms in total. The number of aryl methyl sites for hydroxylation is 2. The molecule has 1 N–H and O–H groups in total. The molecule has 3 aromatic rings. The lowest BCUT2D eigenvalue weighted by molar-refractivity contribution is 0.609. The molecule has 0 fully saturated rings. The van der Waals surface area contributed by atoms with Crippen molar-refractivity contribution in [1.29, 1.82) is 0 Å². The SMILES string of the molecule is O=S(=O)(/C=C/c1ccccc1)Nc1ncnc2sc3c(c12)CCC3. The molecule has 2 heterocycles. The average Bonchev–Trinajstić information content (AvgIpc) is 3.15. The number of thiophene rings is 1. The lowest BCUT2D eigenvalue weighted by Crippen LogP contribution is -2.10. The minimum absolute atomic E-state index is 0.372. The highest BCUT2D eigenvalue weighted by atomic mass is 32.2. The Balaban J connectivity index is 1.68. The Morgan fingerprint density at radius 2 is 1.96 bits per heavy atom. The predicted octanol–water partition coefficient (Wildman–Crippen LogP) is 3.59. The van der Waals surface area contributed by atoms with Crippen LogP contribution in [0.15, 0.2) is 42.1 Å². The van der Waals surface area contributed by atoms with Crippen molar-refractivity contribution in [2.45, 2.75) is 19.3 Å². The summed E-state index contributed by atoms with van der Waals surface area (Å²) in [5.74, 6) is 0.372. The van der Waals surface area contributed by atoms with E-state index in [1.54, 1.807) is 17.4 Å². The standard InChI is InChI=1S/C17H15N3O2S2/c21-24(22,10-9-12-5-2-1-3-6-12)20-16-15-13-7-4-8-14(13)23-17(15)19-11-18-16/h1-3,5-6,9-11H,4,7-8H2,(H,18,19,20)/b10-9+. The Morgan fingerprint density at radius 1 is 1.12 bits per heavy atom. The third kappa shape index (κ3) is 2.92. The fourth-order valence-corrected chi connectivity index (χ4v) is 4.96. The summed E-state index contributed by atoms with van der Waals surface area (Å²) in [6, 6.07) is 9.31. The van der Waals surface area contributed by atoms with Crippen molar-refractivity contribution in [3.8, 4) is 0 Å². The van der Waals surface area contributed by atoms with Gasteiger partial charge >= 0.3 is 0 Å². The summed E-state index contributed by atoms with van der Waals surface area (Å²) >= 11 is 1.63. The average molecular weight is 357 g/mol. The van der Waals surface area contributed by atoms with E-state index in [-0.39, 0.29) is 0 Å². The molecular formula is C17H15N3O2S2. The van der Waals surface area contributed by atoms with E-state index in [9.17, 15) is 8.42 Å². The maximum Gasteiger partial charge on any atom is 0.256 e. The van der Waals surface area contributed by atoms with Crippen molar-refractivity contribution in [1.82, 2.24) is 9.97 Å². The second-order valence-electron chi connectivity index (χ2n) is 5.62. The number of nitrogens with one attached hydrogen (secondary N) is 1. The van der Waals surface area contributed by atoms with Crippen molar-refractivity contribution in [2.75, 3.05) is 4.72 Å². The zero-order chi connectivity index (χ0) is 16.6. The first-order chi connectivity index (χ1) is 11.6. The van der Waals surface area contributed by atoms with Gasteiger partial charge in [-0.25, -0.2) is 18.4 Å². The molecule has 1 aliphatic rings. The molecule has 4 rings (SSSR count). The van der Waals surface area contributed by atoms with E-state index in [1.165, 1.54) is 22.2 Å². The number of anilines is 1. The van der Waals surface area contributed by atoms with Gasteiger partial charge in [0, 0.05) is 4.88 Å². The zero-order valence-electron chi connectivity index (χ0n) is 12.8. The van der Waals surface area contributed by atoms with Crippen LogP contribution >= 0.6 is 11.3 Å². The Kier molecular flexibility index (Phi) is 3.82. The summed E-state index contributed by atoms with van der Waals surface area (Å²) in [4.78, 5) is 10.6. The highest BCUT2D eigenvalue weighted by molar-refractivity contribution is 7.95. The number of aromatic nitrogens is 2. The minimum Gasteiger partial charge on any atom is -0.263 e. The molecule has 1 aromatic carbocycles. The van der Waals surface area contributed by atoms with Crippen LogP contribution in [0.25, 0.3) is 16.3 Å². The van der Waals surface area contributed by atoms with Crippen molar-refractivity contribution in [3.05, 3.63) is 58.1 Å². The van der Waals surface area contributed by atoms with Gasteiger partial charge in [0.2, 0.25) is 0 Å². The molecule has 24 heavy (non-hydrogen) atoms. The van der Waals surface area contributed by atoms with Gasteiger partial charge in [-0.1, -0.05) is 30.3 Å². The Labute approximate surface area is 144 Å². The van der Waals surface area contributed by atoms with Gasteiger partial charge in [-0.15, -0.1) is 11.3 Å². The Bertz CT molecular complexity index is 1020. The van der Waals surface area contributed by atoms with Crippen molar-refractivity contribution < 1.29 is 8.42 Å². The van der Waals surface area contributed by atoms with Crippen LogP contribution in [0.4, 0.5) is 5.82 Å². The number of hydrogen-bond acceptors (Lipinski definition) is 5. The first-order valence-corrected chi connectivity index (χ1v) is 10.00. The molecule has 0 atom stereocenters. The third-order valence-electron chi connectivity index (χ3n) is 3.98. The molecule has 1 aliphatic carbocycles. The summed E-state index contributed by atoms with van der Waals surface area (Å²) in [6.45, 7) is 0. The van der Waals surface area contributed by atoms with Gasteiger partial charge in [0.1, 0.15) is 11.2 Å². The molecular weight excluding hydrogens is 342 g/mol. The van der Waals surface area contributed by atoms with E-state index < -0.39 is 10.0 Å². The van der Waals surface area contributed by atoms with Crippen molar-refractivity contribution in [3.63, 3.8) is 0 Å². The van der Waals surface area contributed by atoms with E-state index >= 15 is 0 Å². The second-order valence-corrected chi connectivity index (χ2v) is 8.27. The number of benzene rings is 1. The fourth-order valence-electron chi connectivity index (χ4n) is 2.91. The summed E-state index contributed by atoms with van der Waals surface area (Å²) in [6.07, 6.45) is 6.07. The number of fused-ring (bicyclic) bond motifs is 3. The molecule has 0 radical (unpaired) electrons. The molecule has 0 aliphatic heterocycles. The van der Waals surface area contributed by atoms with E-state index in [1.807, 2.05) is 30.3 Å². The Hall–Kier alpha value is -2.25. The van der Waals surface area contributed by atoms with Gasteiger partial charge in [0.15, 0.2) is 5.82 Å². The van der Waals surface area contributed by atoms with Gasteiger partial charge in [0.05, 0.1) is 10.8 Å². The summed E-state index contributed by atoms with van der Waals surface area (Å²) in [5.41, 5.74) is 2.02. The zero-order valence-corrected chi connectivity index (χ0v) is 14.4. The maximum atomic E-state index is 12.4. The maximum absolute atomic E-state index is 12.4. The highest BCUT2D eigenvalue weighted by Crippen LogP contribution is 2.39. The molecule has 0 unspecified atom stereocenters. The van der Waals surface area contributed by atoms with Gasteiger partial charge in [-0.2, -0.15) is 0 Å². The topological polar surface area (TPSA) is 72.0 Å². The van der Waals surface area contributed by atoms with E-state index in [0.29, 0.717) is 5.82 Å². The lowest BCUT2D eigenvalue weighted by atomic mass is 10.2. The molecule has 7 heteroatoms. The van der Waals surface area contributed by atoms with Crippen LogP contribution in [0.3, 0.4) is 0 Å². The smallest absolute Gasteiger partial charge is 0.256 e. The predicted molar refractivity (Wildman–Crippen MR) is 97.5 cm³/mol. The van der Waals surface area contributed by atoms with E-state index in [4.69, 9.17) is 0 Å². The van der Waals surface area contributed by atoms with Crippen molar-refractivity contribution in [2.24, 2.45) is 0 Å². The monoisotopic (exact) mass is 357 g/mol. The van der Waals surface area contributed by atoms with Gasteiger partial charge < -0.3 is 0 Å². The summed E-state index contributed by atoms with van der Waals surface area (Å²) in [7, 11) is -3.64. The van der Waals surface area contributed by atoms with Crippen LogP contribution in [0.2, 0.25) is 0 Å². The second kappa shape index (κ2) is 5.99. The fraction of sp³-hybridized carbons (Fsp3) is 0.176. The normalized spacial score (nSPS) is 14.3. The third-order valence-corrected chi connectivity index (χ3v) is 6.15. The molecule has 0 saturated heterocycles. The molecule has 0 saturated carbocycles.